The molecule has 6 heteroatoms. The number of hydrogen-bond acceptors (Lipinski definition) is 5. The molecular weight excluding hydrogens is 400 g/mol. The molecule has 0 bridgehead atoms. The van der Waals surface area contributed by atoms with Crippen molar-refractivity contribution in [2.75, 3.05) is 5.32 Å². The van der Waals surface area contributed by atoms with E-state index in [9.17, 15) is 4.79 Å². The summed E-state index contributed by atoms with van der Waals surface area (Å²) in [6.07, 6.45) is 7.48. The molecule has 0 fully saturated rings. The van der Waals surface area contributed by atoms with Crippen LogP contribution in [0, 0.1) is 0 Å². The number of amides is 1. The highest BCUT2D eigenvalue weighted by Crippen LogP contribution is 2.31. The fourth-order valence-electron chi connectivity index (χ4n) is 3.67. The first-order valence-electron chi connectivity index (χ1n) is 10.2. The second-order valence-corrected chi connectivity index (χ2v) is 7.40. The van der Waals surface area contributed by atoms with Gasteiger partial charge in [0.25, 0.3) is 0 Å². The molecule has 2 heterocycles. The first kappa shape index (κ1) is 19.5. The van der Waals surface area contributed by atoms with Gasteiger partial charge in [0.15, 0.2) is 5.82 Å². The van der Waals surface area contributed by atoms with Crippen molar-refractivity contribution in [3.63, 3.8) is 0 Å². The van der Waals surface area contributed by atoms with Crippen LogP contribution in [0.3, 0.4) is 0 Å². The van der Waals surface area contributed by atoms with Crippen molar-refractivity contribution >= 4 is 28.2 Å². The minimum atomic E-state index is -0.458. The normalized spacial score (nSPS) is 14.8. The highest BCUT2D eigenvalue weighted by molar-refractivity contribution is 6.01. The number of hydrogen-bond donors (Lipinski definition) is 2. The number of aromatic nitrogens is 2. The quantitative estimate of drug-likeness (QED) is 0.458. The molecule has 1 atom stereocenters. The molecule has 0 saturated heterocycles. The van der Waals surface area contributed by atoms with Gasteiger partial charge in [-0.1, -0.05) is 54.6 Å². The Bertz CT molecular complexity index is 1340. The SMILES string of the molecule is NC(=O)c1ccc(-c2nnc(Nc3ccc(C4C=CC=CO4)cc3)c3ccccc23)cc1. The van der Waals surface area contributed by atoms with E-state index < -0.39 is 5.91 Å². The van der Waals surface area contributed by atoms with Gasteiger partial charge in [0.05, 0.1) is 6.26 Å². The molecule has 1 amide bonds. The molecule has 1 unspecified atom stereocenters. The lowest BCUT2D eigenvalue weighted by atomic mass is 10.0. The topological polar surface area (TPSA) is 90.1 Å². The van der Waals surface area contributed by atoms with E-state index in [4.69, 9.17) is 10.5 Å². The number of nitrogens with zero attached hydrogens (tertiary/aromatic N) is 2. The Balaban J connectivity index is 1.45. The Hall–Kier alpha value is -4.45. The molecule has 1 aromatic heterocycles. The maximum absolute atomic E-state index is 11.4. The van der Waals surface area contributed by atoms with Crippen LogP contribution in [0.15, 0.2) is 97.3 Å². The molecule has 1 aliphatic rings. The Kier molecular flexibility index (Phi) is 5.09. The predicted octanol–water partition coefficient (Wildman–Crippen LogP) is 5.28. The van der Waals surface area contributed by atoms with Crippen molar-refractivity contribution in [2.45, 2.75) is 6.10 Å². The van der Waals surface area contributed by atoms with E-state index >= 15 is 0 Å². The third kappa shape index (κ3) is 3.81. The summed E-state index contributed by atoms with van der Waals surface area (Å²) in [5.74, 6) is 0.211. The maximum Gasteiger partial charge on any atom is 0.248 e. The van der Waals surface area contributed by atoms with Gasteiger partial charge in [-0.05, 0) is 42.0 Å². The van der Waals surface area contributed by atoms with Gasteiger partial charge in [-0.15, -0.1) is 10.2 Å². The van der Waals surface area contributed by atoms with Crippen LogP contribution in [0.5, 0.6) is 0 Å². The molecular formula is C26H20N4O2. The average molecular weight is 420 g/mol. The summed E-state index contributed by atoms with van der Waals surface area (Å²) in [5, 5.41) is 14.2. The molecule has 1 aliphatic heterocycles. The van der Waals surface area contributed by atoms with E-state index in [2.05, 4.69) is 15.5 Å². The monoisotopic (exact) mass is 420 g/mol. The van der Waals surface area contributed by atoms with Crippen LogP contribution in [0.1, 0.15) is 22.0 Å². The summed E-state index contributed by atoms with van der Waals surface area (Å²) in [5.41, 5.74) is 9.39. The summed E-state index contributed by atoms with van der Waals surface area (Å²) in [6.45, 7) is 0. The van der Waals surface area contributed by atoms with Crippen LogP contribution in [-0.2, 0) is 4.74 Å². The minimum absolute atomic E-state index is 0.0742. The van der Waals surface area contributed by atoms with Crippen molar-refractivity contribution in [2.24, 2.45) is 5.73 Å². The first-order valence-corrected chi connectivity index (χ1v) is 10.2. The summed E-state index contributed by atoms with van der Waals surface area (Å²) >= 11 is 0. The van der Waals surface area contributed by atoms with Gasteiger partial charge in [0, 0.05) is 27.6 Å². The van der Waals surface area contributed by atoms with E-state index in [-0.39, 0.29) is 6.10 Å². The third-order valence-corrected chi connectivity index (χ3v) is 5.33. The average Bonchev–Trinajstić information content (AvgIpc) is 2.85. The molecule has 5 rings (SSSR count). The molecule has 0 spiro atoms. The molecule has 0 radical (unpaired) electrons. The first-order chi connectivity index (χ1) is 15.7. The molecule has 156 valence electrons. The lowest BCUT2D eigenvalue weighted by molar-refractivity contribution is 0.100. The van der Waals surface area contributed by atoms with E-state index in [0.717, 1.165) is 33.3 Å². The zero-order chi connectivity index (χ0) is 21.9. The molecule has 3 N–H and O–H groups in total. The molecule has 6 nitrogen and oxygen atoms in total. The van der Waals surface area contributed by atoms with Crippen LogP contribution in [0.4, 0.5) is 11.5 Å². The number of primary amides is 1. The van der Waals surface area contributed by atoms with Gasteiger partial charge in [-0.25, -0.2) is 0 Å². The number of nitrogens with one attached hydrogen (secondary N) is 1. The lowest BCUT2D eigenvalue weighted by Gasteiger charge is -2.16. The predicted molar refractivity (Wildman–Crippen MR) is 125 cm³/mol. The molecule has 4 aromatic rings. The van der Waals surface area contributed by atoms with Crippen LogP contribution >= 0.6 is 0 Å². The van der Waals surface area contributed by atoms with Crippen molar-refractivity contribution in [1.82, 2.24) is 10.2 Å². The zero-order valence-electron chi connectivity index (χ0n) is 17.1. The number of nitrogens with two attached hydrogens (primary N) is 1. The van der Waals surface area contributed by atoms with Crippen molar-refractivity contribution in [1.29, 1.82) is 0 Å². The number of fused-ring (bicyclic) bond motifs is 1. The van der Waals surface area contributed by atoms with Gasteiger partial charge < -0.3 is 15.8 Å². The Morgan fingerprint density at radius 1 is 0.875 bits per heavy atom. The number of carbonyl (C=O) groups excluding carboxylic acids is 1. The Morgan fingerprint density at radius 3 is 2.31 bits per heavy atom. The van der Waals surface area contributed by atoms with Gasteiger partial charge in [-0.2, -0.15) is 0 Å². The minimum Gasteiger partial charge on any atom is -0.489 e. The lowest BCUT2D eigenvalue weighted by Crippen LogP contribution is -2.10. The van der Waals surface area contributed by atoms with Crippen molar-refractivity contribution in [3.8, 4) is 11.3 Å². The van der Waals surface area contributed by atoms with Crippen LogP contribution in [0.25, 0.3) is 22.0 Å². The van der Waals surface area contributed by atoms with Crippen LogP contribution in [0.2, 0.25) is 0 Å². The van der Waals surface area contributed by atoms with Crippen LogP contribution in [-0.4, -0.2) is 16.1 Å². The Morgan fingerprint density at radius 2 is 1.62 bits per heavy atom. The Labute approximate surface area is 185 Å². The second-order valence-electron chi connectivity index (χ2n) is 7.40. The van der Waals surface area contributed by atoms with E-state index in [0.29, 0.717) is 11.4 Å². The van der Waals surface area contributed by atoms with E-state index in [1.807, 2.05) is 78.9 Å². The van der Waals surface area contributed by atoms with Gasteiger partial charge in [0.2, 0.25) is 5.91 Å². The fraction of sp³-hybridized carbons (Fsp3) is 0.0385. The molecule has 32 heavy (non-hydrogen) atoms. The van der Waals surface area contributed by atoms with Gasteiger partial charge >= 0.3 is 0 Å². The van der Waals surface area contributed by atoms with Gasteiger partial charge in [-0.3, -0.25) is 4.79 Å². The third-order valence-electron chi connectivity index (χ3n) is 5.33. The number of carbonyl (C=O) groups is 1. The number of rotatable bonds is 5. The van der Waals surface area contributed by atoms with E-state index in [1.165, 1.54) is 0 Å². The van der Waals surface area contributed by atoms with Gasteiger partial charge in [0.1, 0.15) is 11.8 Å². The summed E-state index contributed by atoms with van der Waals surface area (Å²) in [4.78, 5) is 11.4. The number of allylic oxidation sites excluding steroid dienone is 2. The standard InChI is InChI=1S/C26H20N4O2/c27-25(31)19-10-8-18(9-11-19)24-21-5-1-2-6-22(21)26(30-29-24)28-20-14-12-17(13-15-20)23-7-3-4-16-32-23/h1-16,23H,(H2,27,31)(H,28,30). The highest BCUT2D eigenvalue weighted by atomic mass is 16.5. The summed E-state index contributed by atoms with van der Waals surface area (Å²) in [7, 11) is 0. The molecule has 0 aliphatic carbocycles. The molecule has 0 saturated carbocycles. The smallest absolute Gasteiger partial charge is 0.248 e. The van der Waals surface area contributed by atoms with Crippen LogP contribution < -0.4 is 11.1 Å². The highest BCUT2D eigenvalue weighted by Gasteiger charge is 2.13. The molecule has 3 aromatic carbocycles. The number of anilines is 2. The van der Waals surface area contributed by atoms with Crippen molar-refractivity contribution in [3.05, 3.63) is 108 Å². The largest absolute Gasteiger partial charge is 0.489 e. The fourth-order valence-corrected chi connectivity index (χ4v) is 3.67. The zero-order valence-corrected chi connectivity index (χ0v) is 17.1. The van der Waals surface area contributed by atoms with Crippen molar-refractivity contribution < 1.29 is 9.53 Å². The maximum atomic E-state index is 11.4. The number of benzene rings is 3. The van der Waals surface area contributed by atoms with E-state index in [1.54, 1.807) is 18.4 Å². The second kappa shape index (κ2) is 8.35. The number of ether oxygens (including phenoxy) is 1. The summed E-state index contributed by atoms with van der Waals surface area (Å²) < 4.78 is 5.62. The summed E-state index contributed by atoms with van der Waals surface area (Å²) in [6, 6.07) is 23.1.